The van der Waals surface area contributed by atoms with E-state index in [2.05, 4.69) is 0 Å². The first-order valence-electron chi connectivity index (χ1n) is 4.78. The maximum Gasteiger partial charge on any atom is 0.335 e. The van der Waals surface area contributed by atoms with Crippen LogP contribution in [0.25, 0.3) is 0 Å². The van der Waals surface area contributed by atoms with Gasteiger partial charge in [0, 0.05) is 6.61 Å². The number of hydrogen-bond donors (Lipinski definition) is 1. The van der Waals surface area contributed by atoms with Gasteiger partial charge in [-0.25, -0.2) is 4.79 Å². The van der Waals surface area contributed by atoms with Crippen LogP contribution in [0.1, 0.15) is 17.3 Å². The lowest BCUT2D eigenvalue weighted by Crippen LogP contribution is -2.06. The van der Waals surface area contributed by atoms with Crippen molar-refractivity contribution in [3.8, 4) is 5.75 Å². The van der Waals surface area contributed by atoms with Crippen LogP contribution in [0.2, 0.25) is 0 Å². The number of aromatic carboxylic acids is 1. The van der Waals surface area contributed by atoms with Gasteiger partial charge in [0.15, 0.2) is 0 Å². The van der Waals surface area contributed by atoms with Gasteiger partial charge in [0.2, 0.25) is 0 Å². The molecule has 1 N–H and O–H groups in total. The first-order valence-corrected chi connectivity index (χ1v) is 4.78. The molecule has 0 amide bonds. The van der Waals surface area contributed by atoms with E-state index in [1.807, 2.05) is 6.92 Å². The third kappa shape index (κ3) is 3.99. The monoisotopic (exact) mass is 210 g/mol. The summed E-state index contributed by atoms with van der Waals surface area (Å²) in [6.07, 6.45) is 0. The largest absolute Gasteiger partial charge is 0.491 e. The SMILES string of the molecule is CCOCCOc1cccc(C(=O)O)c1. The second kappa shape index (κ2) is 6.03. The van der Waals surface area contributed by atoms with E-state index in [1.54, 1.807) is 12.1 Å². The van der Waals surface area contributed by atoms with E-state index < -0.39 is 5.97 Å². The van der Waals surface area contributed by atoms with Crippen molar-refractivity contribution >= 4 is 5.97 Å². The van der Waals surface area contributed by atoms with E-state index in [0.717, 1.165) is 0 Å². The highest BCUT2D eigenvalue weighted by atomic mass is 16.5. The normalized spacial score (nSPS) is 9.93. The minimum atomic E-state index is -0.953. The molecule has 0 spiro atoms. The molecule has 0 aliphatic heterocycles. The maximum atomic E-state index is 10.6. The minimum Gasteiger partial charge on any atom is -0.491 e. The maximum absolute atomic E-state index is 10.6. The van der Waals surface area contributed by atoms with Crippen molar-refractivity contribution in [2.45, 2.75) is 6.92 Å². The van der Waals surface area contributed by atoms with E-state index in [0.29, 0.717) is 25.6 Å². The molecule has 1 aromatic rings. The quantitative estimate of drug-likeness (QED) is 0.727. The Morgan fingerprint density at radius 2 is 2.20 bits per heavy atom. The highest BCUT2D eigenvalue weighted by Gasteiger charge is 2.03. The van der Waals surface area contributed by atoms with Crippen LogP contribution >= 0.6 is 0 Å². The van der Waals surface area contributed by atoms with Crippen LogP contribution in [0.5, 0.6) is 5.75 Å². The number of ether oxygens (including phenoxy) is 2. The van der Waals surface area contributed by atoms with Crippen LogP contribution in [0.15, 0.2) is 24.3 Å². The summed E-state index contributed by atoms with van der Waals surface area (Å²) in [5.41, 5.74) is 0.226. The van der Waals surface area contributed by atoms with Crippen molar-refractivity contribution in [1.29, 1.82) is 0 Å². The highest BCUT2D eigenvalue weighted by Crippen LogP contribution is 2.12. The zero-order valence-electron chi connectivity index (χ0n) is 8.60. The number of carbonyl (C=O) groups is 1. The van der Waals surface area contributed by atoms with E-state index in [-0.39, 0.29) is 5.56 Å². The Morgan fingerprint density at radius 1 is 1.40 bits per heavy atom. The van der Waals surface area contributed by atoms with Crippen molar-refractivity contribution in [3.05, 3.63) is 29.8 Å². The van der Waals surface area contributed by atoms with Gasteiger partial charge >= 0.3 is 5.97 Å². The molecule has 0 unspecified atom stereocenters. The molecule has 0 bridgehead atoms. The van der Waals surface area contributed by atoms with Crippen LogP contribution in [0.4, 0.5) is 0 Å². The number of carboxylic acid groups (broad SMARTS) is 1. The van der Waals surface area contributed by atoms with Crippen LogP contribution < -0.4 is 4.74 Å². The van der Waals surface area contributed by atoms with Crippen molar-refractivity contribution < 1.29 is 19.4 Å². The molecule has 82 valence electrons. The molecule has 1 rings (SSSR count). The fourth-order valence-corrected chi connectivity index (χ4v) is 1.08. The van der Waals surface area contributed by atoms with Crippen molar-refractivity contribution in [2.75, 3.05) is 19.8 Å². The number of carboxylic acids is 1. The Kier molecular flexibility index (Phi) is 4.63. The van der Waals surface area contributed by atoms with E-state index in [1.165, 1.54) is 12.1 Å². The molecule has 0 aromatic heterocycles. The van der Waals surface area contributed by atoms with Gasteiger partial charge in [-0.1, -0.05) is 6.07 Å². The average molecular weight is 210 g/mol. The lowest BCUT2D eigenvalue weighted by atomic mass is 10.2. The first-order chi connectivity index (χ1) is 7.24. The number of hydrogen-bond acceptors (Lipinski definition) is 3. The molecular formula is C11H14O4. The Hall–Kier alpha value is -1.55. The molecule has 15 heavy (non-hydrogen) atoms. The molecule has 0 fully saturated rings. The zero-order chi connectivity index (χ0) is 11.1. The Bertz CT molecular complexity index is 322. The molecule has 0 saturated heterocycles. The van der Waals surface area contributed by atoms with E-state index >= 15 is 0 Å². The number of rotatable bonds is 6. The molecule has 4 heteroatoms. The summed E-state index contributed by atoms with van der Waals surface area (Å²) < 4.78 is 10.4. The molecule has 1 aromatic carbocycles. The van der Waals surface area contributed by atoms with Gasteiger partial charge in [0.05, 0.1) is 12.2 Å². The standard InChI is InChI=1S/C11H14O4/c1-2-14-6-7-15-10-5-3-4-9(8-10)11(12)13/h3-5,8H,2,6-7H2,1H3,(H,12,13). The van der Waals surface area contributed by atoms with Gasteiger partial charge in [0.25, 0.3) is 0 Å². The van der Waals surface area contributed by atoms with Crippen molar-refractivity contribution in [1.82, 2.24) is 0 Å². The third-order valence-corrected chi connectivity index (χ3v) is 1.78. The van der Waals surface area contributed by atoms with Gasteiger partial charge in [0.1, 0.15) is 12.4 Å². The lowest BCUT2D eigenvalue weighted by molar-refractivity contribution is 0.0696. The molecule has 0 saturated carbocycles. The van der Waals surface area contributed by atoms with Crippen LogP contribution in [0.3, 0.4) is 0 Å². The predicted molar refractivity (Wildman–Crippen MR) is 55.4 cm³/mol. The summed E-state index contributed by atoms with van der Waals surface area (Å²) in [4.78, 5) is 10.6. The second-order valence-corrected chi connectivity index (χ2v) is 2.88. The molecule has 0 radical (unpaired) electrons. The van der Waals surface area contributed by atoms with Gasteiger partial charge in [-0.05, 0) is 25.1 Å². The average Bonchev–Trinajstić information content (AvgIpc) is 2.25. The summed E-state index contributed by atoms with van der Waals surface area (Å²) in [6, 6.07) is 6.39. The smallest absolute Gasteiger partial charge is 0.335 e. The second-order valence-electron chi connectivity index (χ2n) is 2.88. The highest BCUT2D eigenvalue weighted by molar-refractivity contribution is 5.87. The minimum absolute atomic E-state index is 0.226. The summed E-state index contributed by atoms with van der Waals surface area (Å²) in [7, 11) is 0. The summed E-state index contributed by atoms with van der Waals surface area (Å²) in [5, 5.41) is 8.74. The van der Waals surface area contributed by atoms with Crippen molar-refractivity contribution in [2.24, 2.45) is 0 Å². The van der Waals surface area contributed by atoms with E-state index in [9.17, 15) is 4.79 Å². The summed E-state index contributed by atoms with van der Waals surface area (Å²) >= 11 is 0. The predicted octanol–water partition coefficient (Wildman–Crippen LogP) is 1.80. The fourth-order valence-electron chi connectivity index (χ4n) is 1.08. The summed E-state index contributed by atoms with van der Waals surface area (Å²) in [5.74, 6) is -0.403. The summed E-state index contributed by atoms with van der Waals surface area (Å²) in [6.45, 7) is 3.49. The third-order valence-electron chi connectivity index (χ3n) is 1.78. The van der Waals surface area contributed by atoms with Gasteiger partial charge < -0.3 is 14.6 Å². The Morgan fingerprint density at radius 3 is 2.87 bits per heavy atom. The van der Waals surface area contributed by atoms with E-state index in [4.69, 9.17) is 14.6 Å². The topological polar surface area (TPSA) is 55.8 Å². The Balaban J connectivity index is 2.47. The van der Waals surface area contributed by atoms with Gasteiger partial charge in [-0.3, -0.25) is 0 Å². The Labute approximate surface area is 88.4 Å². The molecule has 0 aliphatic carbocycles. The first kappa shape index (κ1) is 11.5. The van der Waals surface area contributed by atoms with Gasteiger partial charge in [-0.2, -0.15) is 0 Å². The fraction of sp³-hybridized carbons (Fsp3) is 0.364. The number of benzene rings is 1. The lowest BCUT2D eigenvalue weighted by Gasteiger charge is -2.06. The van der Waals surface area contributed by atoms with Crippen LogP contribution in [0, 0.1) is 0 Å². The van der Waals surface area contributed by atoms with Gasteiger partial charge in [-0.15, -0.1) is 0 Å². The van der Waals surface area contributed by atoms with Crippen molar-refractivity contribution in [3.63, 3.8) is 0 Å². The van der Waals surface area contributed by atoms with Crippen LogP contribution in [-0.2, 0) is 4.74 Å². The molecular weight excluding hydrogens is 196 g/mol. The molecule has 0 aliphatic rings. The van der Waals surface area contributed by atoms with Crippen LogP contribution in [-0.4, -0.2) is 30.9 Å². The molecule has 4 nitrogen and oxygen atoms in total. The zero-order valence-corrected chi connectivity index (χ0v) is 8.60. The molecule has 0 atom stereocenters. The molecule has 0 heterocycles.